The maximum absolute atomic E-state index is 14.4. The Morgan fingerprint density at radius 2 is 1.63 bits per heavy atom. The number of aliphatic hydroxyl groups excluding tert-OH is 7. The van der Waals surface area contributed by atoms with Crippen molar-refractivity contribution in [2.24, 2.45) is 44.8 Å². The van der Waals surface area contributed by atoms with Crippen molar-refractivity contribution < 1.29 is 50.0 Å². The quantitative estimate of drug-likeness (QED) is 0.224. The second-order valence-corrected chi connectivity index (χ2v) is 16.8. The number of allylic oxidation sites excluding steroid dienone is 3. The van der Waals surface area contributed by atoms with E-state index in [0.29, 0.717) is 19.3 Å². The van der Waals surface area contributed by atoms with E-state index in [9.17, 15) is 40.5 Å². The van der Waals surface area contributed by atoms with Crippen LogP contribution < -0.4 is 0 Å². The standard InChI is InChI=1S/C36H56O10/c1-18-9-12-36(31(44)46-30-28(42)27(41)26(40)22(16-37)45-30)14-13-34(5)20(25(36)19(18)2)7-8-24-32(3)15-21(39)29(43)33(4,17-38)23(32)10-11-35(24,34)6/h7,18,21-24,26-30,37-43H,8-17H2,1-6H3/t18-,21-,22-,23+,24-,26-,27+,28-,29-,30+,32+,33+,34-,35-,36+/m1/s1. The molecule has 6 rings (SSSR count). The summed E-state index contributed by atoms with van der Waals surface area (Å²) in [5, 5.41) is 73.8. The molecule has 1 saturated heterocycles. The Morgan fingerprint density at radius 1 is 0.935 bits per heavy atom. The van der Waals surface area contributed by atoms with Gasteiger partial charge < -0.3 is 45.2 Å². The second-order valence-electron chi connectivity index (χ2n) is 16.8. The lowest BCUT2D eigenvalue weighted by molar-refractivity contribution is -0.295. The van der Waals surface area contributed by atoms with Crippen molar-refractivity contribution in [2.75, 3.05) is 13.2 Å². The molecule has 0 bridgehead atoms. The molecule has 7 N–H and O–H groups in total. The summed E-state index contributed by atoms with van der Waals surface area (Å²) in [7, 11) is 0. The van der Waals surface area contributed by atoms with Crippen LogP contribution in [0, 0.1) is 44.8 Å². The number of fused-ring (bicyclic) bond motifs is 7. The Bertz CT molecular complexity index is 1300. The number of esters is 1. The van der Waals surface area contributed by atoms with E-state index in [2.05, 4.69) is 40.7 Å². The van der Waals surface area contributed by atoms with Gasteiger partial charge in [0.05, 0.1) is 30.8 Å². The predicted octanol–water partition coefficient (Wildman–Crippen LogP) is 2.36. The third-order valence-corrected chi connectivity index (χ3v) is 15.0. The fraction of sp³-hybridized carbons (Fsp3) is 0.861. The van der Waals surface area contributed by atoms with Crippen LogP contribution in [0.25, 0.3) is 0 Å². The molecule has 10 nitrogen and oxygen atoms in total. The van der Waals surface area contributed by atoms with E-state index in [-0.39, 0.29) is 40.6 Å². The van der Waals surface area contributed by atoms with Gasteiger partial charge in [-0.3, -0.25) is 4.79 Å². The minimum Gasteiger partial charge on any atom is -0.432 e. The monoisotopic (exact) mass is 648 g/mol. The molecule has 46 heavy (non-hydrogen) atoms. The molecule has 0 unspecified atom stereocenters. The highest BCUT2D eigenvalue weighted by atomic mass is 16.7. The molecule has 1 heterocycles. The summed E-state index contributed by atoms with van der Waals surface area (Å²) in [5.41, 5.74) is 0.798. The Hall–Kier alpha value is -1.37. The predicted molar refractivity (Wildman–Crippen MR) is 168 cm³/mol. The molecule has 3 saturated carbocycles. The van der Waals surface area contributed by atoms with Crippen molar-refractivity contribution >= 4 is 5.97 Å². The highest BCUT2D eigenvalue weighted by molar-refractivity contribution is 5.84. The van der Waals surface area contributed by atoms with Gasteiger partial charge in [-0.1, -0.05) is 46.3 Å². The maximum atomic E-state index is 14.4. The van der Waals surface area contributed by atoms with Crippen molar-refractivity contribution in [1.29, 1.82) is 0 Å². The number of aliphatic hydroxyl groups is 7. The van der Waals surface area contributed by atoms with E-state index < -0.39 is 66.3 Å². The van der Waals surface area contributed by atoms with Crippen LogP contribution in [0.1, 0.15) is 92.9 Å². The zero-order valence-electron chi connectivity index (χ0n) is 28.3. The van der Waals surface area contributed by atoms with E-state index in [0.717, 1.165) is 43.3 Å². The third-order valence-electron chi connectivity index (χ3n) is 15.0. The van der Waals surface area contributed by atoms with Crippen LogP contribution in [0.4, 0.5) is 0 Å². The van der Waals surface area contributed by atoms with E-state index in [1.807, 2.05) is 6.92 Å². The van der Waals surface area contributed by atoms with Gasteiger partial charge in [0.2, 0.25) is 6.29 Å². The molecule has 0 spiro atoms. The van der Waals surface area contributed by atoms with E-state index in [1.54, 1.807) is 0 Å². The van der Waals surface area contributed by atoms with Gasteiger partial charge in [0.15, 0.2) is 0 Å². The Morgan fingerprint density at radius 3 is 2.28 bits per heavy atom. The molecule has 1 aliphatic heterocycles. The molecule has 15 atom stereocenters. The molecule has 5 aliphatic carbocycles. The lowest BCUT2D eigenvalue weighted by Gasteiger charge is -2.70. The Balaban J connectivity index is 1.39. The van der Waals surface area contributed by atoms with E-state index in [4.69, 9.17) is 9.47 Å². The molecule has 260 valence electrons. The zero-order valence-corrected chi connectivity index (χ0v) is 28.3. The van der Waals surface area contributed by atoms with Gasteiger partial charge in [0.1, 0.15) is 24.4 Å². The van der Waals surface area contributed by atoms with Crippen LogP contribution >= 0.6 is 0 Å². The first-order valence-corrected chi connectivity index (χ1v) is 17.4. The molecule has 4 fully saturated rings. The van der Waals surface area contributed by atoms with E-state index in [1.165, 1.54) is 5.57 Å². The minimum atomic E-state index is -1.67. The highest BCUT2D eigenvalue weighted by Gasteiger charge is 2.70. The average Bonchev–Trinajstić information content (AvgIpc) is 3.02. The van der Waals surface area contributed by atoms with Crippen LogP contribution in [0.5, 0.6) is 0 Å². The summed E-state index contributed by atoms with van der Waals surface area (Å²) < 4.78 is 11.5. The van der Waals surface area contributed by atoms with Gasteiger partial charge >= 0.3 is 5.97 Å². The van der Waals surface area contributed by atoms with Crippen LogP contribution in [0.15, 0.2) is 22.8 Å². The molecule has 0 aromatic carbocycles. The van der Waals surface area contributed by atoms with Gasteiger partial charge in [-0.2, -0.15) is 0 Å². The zero-order chi connectivity index (χ0) is 33.8. The average molecular weight is 649 g/mol. The largest absolute Gasteiger partial charge is 0.432 e. The molecule has 0 aromatic heterocycles. The molecule has 0 aromatic rings. The number of carbonyl (C=O) groups is 1. The lowest BCUT2D eigenvalue weighted by atomic mass is 9.34. The third kappa shape index (κ3) is 4.40. The van der Waals surface area contributed by atoms with Crippen molar-refractivity contribution in [3.8, 4) is 0 Å². The lowest BCUT2D eigenvalue weighted by Crippen LogP contribution is -2.67. The van der Waals surface area contributed by atoms with Crippen molar-refractivity contribution in [3.05, 3.63) is 22.8 Å². The Labute approximate surface area is 272 Å². The number of rotatable bonds is 4. The topological polar surface area (TPSA) is 177 Å². The number of hydrogen-bond donors (Lipinski definition) is 7. The van der Waals surface area contributed by atoms with Crippen LogP contribution in [0.2, 0.25) is 0 Å². The highest BCUT2D eigenvalue weighted by Crippen LogP contribution is 2.75. The van der Waals surface area contributed by atoms with Crippen molar-refractivity contribution in [2.45, 2.75) is 136 Å². The summed E-state index contributed by atoms with van der Waals surface area (Å²) in [5.74, 6) is -0.0274. The SMILES string of the molecule is CC1=C2C3=CC[C@@H]4[C@@]5(C)C[C@@H](O)[C@@H](O)[C@@](C)(CO)[C@H]5CC[C@@]4(C)[C@]3(C)CC[C@@]2(C(=O)O[C@@H]2O[C@H](CO)[C@@H](O)[C@H](O)[C@H]2O)CC[C@H]1C. The first-order chi connectivity index (χ1) is 21.5. The molecular weight excluding hydrogens is 592 g/mol. The molecule has 10 heteroatoms. The summed E-state index contributed by atoms with van der Waals surface area (Å²) in [4.78, 5) is 14.4. The van der Waals surface area contributed by atoms with Crippen LogP contribution in [0.3, 0.4) is 0 Å². The number of hydrogen-bond acceptors (Lipinski definition) is 10. The summed E-state index contributed by atoms with van der Waals surface area (Å²) in [6.07, 6.45) is -1.55. The molecule has 0 amide bonds. The fourth-order valence-corrected chi connectivity index (χ4v) is 11.8. The fourth-order valence-electron chi connectivity index (χ4n) is 11.8. The van der Waals surface area contributed by atoms with Gasteiger partial charge in [-0.05, 0) is 103 Å². The van der Waals surface area contributed by atoms with E-state index >= 15 is 0 Å². The van der Waals surface area contributed by atoms with Crippen molar-refractivity contribution in [3.63, 3.8) is 0 Å². The number of carbonyl (C=O) groups excluding carboxylic acids is 1. The Kier molecular flexibility index (Phi) is 8.50. The van der Waals surface area contributed by atoms with Crippen molar-refractivity contribution in [1.82, 2.24) is 0 Å². The van der Waals surface area contributed by atoms with Gasteiger partial charge in [0, 0.05) is 5.41 Å². The number of ether oxygens (including phenoxy) is 2. The van der Waals surface area contributed by atoms with Gasteiger partial charge in [0.25, 0.3) is 0 Å². The first kappa shape index (κ1) is 34.5. The summed E-state index contributed by atoms with van der Waals surface area (Å²) >= 11 is 0. The smallest absolute Gasteiger partial charge is 0.318 e. The summed E-state index contributed by atoms with van der Waals surface area (Å²) in [6, 6.07) is 0. The first-order valence-electron chi connectivity index (χ1n) is 17.4. The van der Waals surface area contributed by atoms with Crippen LogP contribution in [-0.2, 0) is 14.3 Å². The van der Waals surface area contributed by atoms with Gasteiger partial charge in [-0.15, -0.1) is 0 Å². The normalized spacial score (nSPS) is 53.7. The second kappa shape index (κ2) is 11.3. The van der Waals surface area contributed by atoms with Crippen LogP contribution in [-0.4, -0.2) is 97.8 Å². The maximum Gasteiger partial charge on any atom is 0.318 e. The summed E-state index contributed by atoms with van der Waals surface area (Å²) in [6.45, 7) is 12.4. The molecule has 6 aliphatic rings. The van der Waals surface area contributed by atoms with Gasteiger partial charge in [-0.25, -0.2) is 0 Å². The molecular formula is C36H56O10. The minimum absolute atomic E-state index is 0.0480. The molecule has 0 radical (unpaired) electrons.